The van der Waals surface area contributed by atoms with Crippen LogP contribution in [-0.4, -0.2) is 26.1 Å². The van der Waals surface area contributed by atoms with Gasteiger partial charge in [-0.25, -0.2) is 5.90 Å². The molecule has 0 saturated carbocycles. The van der Waals surface area contributed by atoms with E-state index in [2.05, 4.69) is 9.74 Å². The standard InChI is InChI=1S/C11H18N2O2/c1-13(2)7-10-6-9(8-15-12)4-5-11(10)14-3/h4-6H,7-8,12H2,1-3H3. The Kier molecular flexibility index (Phi) is 4.55. The maximum absolute atomic E-state index is 5.28. The summed E-state index contributed by atoms with van der Waals surface area (Å²) in [6.45, 7) is 1.26. The number of nitrogens with two attached hydrogens (primary N) is 1. The van der Waals surface area contributed by atoms with Crippen molar-refractivity contribution in [1.29, 1.82) is 0 Å². The molecule has 0 heterocycles. The van der Waals surface area contributed by atoms with E-state index in [1.165, 1.54) is 0 Å². The molecule has 15 heavy (non-hydrogen) atoms. The van der Waals surface area contributed by atoms with Gasteiger partial charge in [0.1, 0.15) is 5.75 Å². The van der Waals surface area contributed by atoms with Crippen molar-refractivity contribution >= 4 is 0 Å². The molecule has 0 aliphatic rings. The summed E-state index contributed by atoms with van der Waals surface area (Å²) in [5.74, 6) is 5.93. The first kappa shape index (κ1) is 12.0. The minimum Gasteiger partial charge on any atom is -0.496 e. The van der Waals surface area contributed by atoms with Crippen LogP contribution >= 0.6 is 0 Å². The zero-order chi connectivity index (χ0) is 11.3. The Morgan fingerprint density at radius 2 is 2.07 bits per heavy atom. The molecule has 0 saturated heterocycles. The molecule has 0 radical (unpaired) electrons. The van der Waals surface area contributed by atoms with Crippen LogP contribution < -0.4 is 10.6 Å². The van der Waals surface area contributed by atoms with Crippen LogP contribution in [0.1, 0.15) is 11.1 Å². The molecule has 0 unspecified atom stereocenters. The van der Waals surface area contributed by atoms with Gasteiger partial charge in [-0.3, -0.25) is 4.84 Å². The Hall–Kier alpha value is -1.10. The van der Waals surface area contributed by atoms with Gasteiger partial charge >= 0.3 is 0 Å². The van der Waals surface area contributed by atoms with Crippen molar-refractivity contribution in [1.82, 2.24) is 4.90 Å². The maximum Gasteiger partial charge on any atom is 0.123 e. The number of rotatable bonds is 5. The van der Waals surface area contributed by atoms with Gasteiger partial charge in [-0.1, -0.05) is 6.07 Å². The van der Waals surface area contributed by atoms with Crippen molar-refractivity contribution in [3.8, 4) is 5.75 Å². The molecule has 0 aliphatic heterocycles. The van der Waals surface area contributed by atoms with Crippen molar-refractivity contribution < 1.29 is 9.57 Å². The molecule has 84 valence electrons. The van der Waals surface area contributed by atoms with Crippen LogP contribution in [0.15, 0.2) is 18.2 Å². The predicted octanol–water partition coefficient (Wildman–Crippen LogP) is 1.15. The van der Waals surface area contributed by atoms with E-state index < -0.39 is 0 Å². The van der Waals surface area contributed by atoms with Crippen molar-refractivity contribution in [2.45, 2.75) is 13.2 Å². The zero-order valence-corrected chi connectivity index (χ0v) is 9.49. The van der Waals surface area contributed by atoms with Crippen molar-refractivity contribution in [2.24, 2.45) is 5.90 Å². The number of hydrogen-bond acceptors (Lipinski definition) is 4. The summed E-state index contributed by atoms with van der Waals surface area (Å²) in [4.78, 5) is 6.70. The fourth-order valence-electron chi connectivity index (χ4n) is 1.48. The minimum absolute atomic E-state index is 0.421. The van der Waals surface area contributed by atoms with Gasteiger partial charge in [0.25, 0.3) is 0 Å². The number of methoxy groups -OCH3 is 1. The third-order valence-electron chi connectivity index (χ3n) is 2.08. The Bertz CT molecular complexity index is 313. The smallest absolute Gasteiger partial charge is 0.123 e. The van der Waals surface area contributed by atoms with Gasteiger partial charge in [-0.15, -0.1) is 0 Å². The average Bonchev–Trinajstić information content (AvgIpc) is 2.18. The van der Waals surface area contributed by atoms with Crippen LogP contribution in [0.2, 0.25) is 0 Å². The van der Waals surface area contributed by atoms with E-state index in [0.29, 0.717) is 6.61 Å². The van der Waals surface area contributed by atoms with E-state index in [0.717, 1.165) is 23.4 Å². The molecule has 0 fully saturated rings. The van der Waals surface area contributed by atoms with E-state index >= 15 is 0 Å². The lowest BCUT2D eigenvalue weighted by molar-refractivity contribution is 0.124. The van der Waals surface area contributed by atoms with Crippen LogP contribution in [0, 0.1) is 0 Å². The number of hydrogen-bond donors (Lipinski definition) is 1. The highest BCUT2D eigenvalue weighted by atomic mass is 16.6. The molecule has 0 spiro atoms. The topological polar surface area (TPSA) is 47.7 Å². The summed E-state index contributed by atoms with van der Waals surface area (Å²) < 4.78 is 5.28. The number of nitrogens with zero attached hydrogens (tertiary/aromatic N) is 1. The average molecular weight is 210 g/mol. The second kappa shape index (κ2) is 5.70. The monoisotopic (exact) mass is 210 g/mol. The van der Waals surface area contributed by atoms with Crippen LogP contribution in [0.4, 0.5) is 0 Å². The van der Waals surface area contributed by atoms with Crippen molar-refractivity contribution in [2.75, 3.05) is 21.2 Å². The Labute approximate surface area is 90.5 Å². The van der Waals surface area contributed by atoms with Crippen molar-refractivity contribution in [3.05, 3.63) is 29.3 Å². The molecule has 1 aromatic carbocycles. The molecule has 1 aromatic rings. The Balaban J connectivity index is 2.91. The minimum atomic E-state index is 0.421. The van der Waals surface area contributed by atoms with Crippen LogP contribution in [-0.2, 0) is 18.0 Å². The van der Waals surface area contributed by atoms with Gasteiger partial charge in [-0.05, 0) is 31.8 Å². The first-order valence-electron chi connectivity index (χ1n) is 4.79. The Morgan fingerprint density at radius 3 is 2.60 bits per heavy atom. The van der Waals surface area contributed by atoms with Crippen LogP contribution in [0.5, 0.6) is 5.75 Å². The summed E-state index contributed by atoms with van der Waals surface area (Å²) in [5, 5.41) is 0. The third kappa shape index (κ3) is 3.51. The van der Waals surface area contributed by atoms with Gasteiger partial charge in [0, 0.05) is 12.1 Å². The quantitative estimate of drug-likeness (QED) is 0.740. The molecule has 0 amide bonds. The predicted molar refractivity (Wildman–Crippen MR) is 59.4 cm³/mol. The molecule has 0 atom stereocenters. The first-order valence-corrected chi connectivity index (χ1v) is 4.79. The van der Waals surface area contributed by atoms with E-state index in [-0.39, 0.29) is 0 Å². The summed E-state index contributed by atoms with van der Waals surface area (Å²) in [6, 6.07) is 5.93. The molecule has 4 heteroatoms. The second-order valence-corrected chi connectivity index (χ2v) is 3.69. The molecule has 0 aliphatic carbocycles. The SMILES string of the molecule is COc1ccc(CON)cc1CN(C)C. The Morgan fingerprint density at radius 1 is 1.33 bits per heavy atom. The van der Waals surface area contributed by atoms with Gasteiger partial charge in [-0.2, -0.15) is 0 Å². The molecule has 2 N–H and O–H groups in total. The zero-order valence-electron chi connectivity index (χ0n) is 9.49. The van der Waals surface area contributed by atoms with E-state index in [4.69, 9.17) is 10.6 Å². The molecule has 0 aromatic heterocycles. The number of ether oxygens (including phenoxy) is 1. The molecule has 0 bridgehead atoms. The largest absolute Gasteiger partial charge is 0.496 e. The highest BCUT2D eigenvalue weighted by Crippen LogP contribution is 2.21. The van der Waals surface area contributed by atoms with E-state index in [1.807, 2.05) is 32.3 Å². The fourth-order valence-corrected chi connectivity index (χ4v) is 1.48. The van der Waals surface area contributed by atoms with Gasteiger partial charge in [0.15, 0.2) is 0 Å². The lowest BCUT2D eigenvalue weighted by Gasteiger charge is -2.14. The van der Waals surface area contributed by atoms with Gasteiger partial charge < -0.3 is 9.64 Å². The first-order chi connectivity index (χ1) is 7.17. The van der Waals surface area contributed by atoms with Gasteiger partial charge in [0.05, 0.1) is 13.7 Å². The maximum atomic E-state index is 5.28. The van der Waals surface area contributed by atoms with Crippen LogP contribution in [0.25, 0.3) is 0 Å². The molecular weight excluding hydrogens is 192 g/mol. The van der Waals surface area contributed by atoms with Crippen LogP contribution in [0.3, 0.4) is 0 Å². The summed E-state index contributed by atoms with van der Waals surface area (Å²) >= 11 is 0. The second-order valence-electron chi connectivity index (χ2n) is 3.69. The summed E-state index contributed by atoms with van der Waals surface area (Å²) in [6.07, 6.45) is 0. The fraction of sp³-hybridized carbons (Fsp3) is 0.455. The highest BCUT2D eigenvalue weighted by molar-refractivity contribution is 5.37. The van der Waals surface area contributed by atoms with Crippen molar-refractivity contribution in [3.63, 3.8) is 0 Å². The number of benzene rings is 1. The lowest BCUT2D eigenvalue weighted by atomic mass is 10.1. The third-order valence-corrected chi connectivity index (χ3v) is 2.08. The molecule has 1 rings (SSSR count). The summed E-state index contributed by atoms with van der Waals surface area (Å²) in [5.41, 5.74) is 2.19. The molecular formula is C11H18N2O2. The van der Waals surface area contributed by atoms with E-state index in [9.17, 15) is 0 Å². The lowest BCUT2D eigenvalue weighted by Crippen LogP contribution is -2.12. The summed E-state index contributed by atoms with van der Waals surface area (Å²) in [7, 11) is 5.71. The van der Waals surface area contributed by atoms with Gasteiger partial charge in [0.2, 0.25) is 0 Å². The van der Waals surface area contributed by atoms with E-state index in [1.54, 1.807) is 7.11 Å². The molecule has 4 nitrogen and oxygen atoms in total. The normalized spacial score (nSPS) is 10.7. The highest BCUT2D eigenvalue weighted by Gasteiger charge is 2.05.